The van der Waals surface area contributed by atoms with Crippen molar-refractivity contribution in [2.75, 3.05) is 6.61 Å². The van der Waals surface area contributed by atoms with Gasteiger partial charge in [0.25, 0.3) is 0 Å². The standard InChI is InChI=1S/C6H14O12P2/c7-1-2-3(8)4(9)5(10)6(16-2)17-20(14,15)18-19(11,12)13/h2-10H,1H2,(H,14,15)(H2,11,12,13)/t2-,3-,4+,5+,6?/m1/s1. The minimum Gasteiger partial charge on any atom is -0.394 e. The summed E-state index contributed by atoms with van der Waals surface area (Å²) in [5.74, 6) is 0. The van der Waals surface area contributed by atoms with Crippen LogP contribution in [0.15, 0.2) is 0 Å². The molecule has 0 saturated carbocycles. The highest BCUT2D eigenvalue weighted by molar-refractivity contribution is 7.60. The second-order valence-corrected chi connectivity index (χ2v) is 6.63. The smallest absolute Gasteiger partial charge is 0.394 e. The summed E-state index contributed by atoms with van der Waals surface area (Å²) in [6, 6.07) is 0. The van der Waals surface area contributed by atoms with E-state index in [4.69, 9.17) is 19.8 Å². The largest absolute Gasteiger partial charge is 0.483 e. The van der Waals surface area contributed by atoms with Crippen LogP contribution in [0.4, 0.5) is 0 Å². The lowest BCUT2D eigenvalue weighted by atomic mass is 10.00. The predicted octanol–water partition coefficient (Wildman–Crippen LogP) is -2.99. The molecule has 120 valence electrons. The first kappa shape index (κ1) is 18.1. The molecule has 0 spiro atoms. The van der Waals surface area contributed by atoms with Crippen LogP contribution in [-0.2, 0) is 22.7 Å². The van der Waals surface area contributed by atoms with E-state index in [1.54, 1.807) is 0 Å². The Balaban J connectivity index is 2.80. The van der Waals surface area contributed by atoms with E-state index >= 15 is 0 Å². The highest BCUT2D eigenvalue weighted by Gasteiger charge is 2.47. The molecule has 1 saturated heterocycles. The fraction of sp³-hybridized carbons (Fsp3) is 1.00. The molecule has 1 heterocycles. The van der Waals surface area contributed by atoms with Crippen molar-refractivity contribution in [2.24, 2.45) is 0 Å². The van der Waals surface area contributed by atoms with E-state index in [2.05, 4.69) is 13.6 Å². The Morgan fingerprint density at radius 1 is 1.00 bits per heavy atom. The summed E-state index contributed by atoms with van der Waals surface area (Å²) >= 11 is 0. The SMILES string of the molecule is O=P(O)(O)OP(=O)(O)OC1O[C@H](CO)[C@@H](O)[C@H](O)[C@@H]1O. The van der Waals surface area contributed by atoms with Crippen molar-refractivity contribution >= 4 is 15.6 Å². The molecule has 1 fully saturated rings. The molecule has 0 aromatic rings. The van der Waals surface area contributed by atoms with Gasteiger partial charge in [0.2, 0.25) is 0 Å². The first-order valence-corrected chi connectivity index (χ1v) is 8.08. The van der Waals surface area contributed by atoms with Crippen molar-refractivity contribution < 1.29 is 57.8 Å². The van der Waals surface area contributed by atoms with Gasteiger partial charge in [-0.05, 0) is 0 Å². The molecule has 2 unspecified atom stereocenters. The third-order valence-corrected chi connectivity index (χ3v) is 4.45. The molecule has 14 heteroatoms. The Kier molecular flexibility index (Phi) is 5.83. The summed E-state index contributed by atoms with van der Waals surface area (Å²) in [5.41, 5.74) is 0. The molecule has 7 N–H and O–H groups in total. The number of aliphatic hydroxyl groups excluding tert-OH is 4. The molecule has 6 atom stereocenters. The van der Waals surface area contributed by atoms with Gasteiger partial charge in [-0.25, -0.2) is 9.13 Å². The number of phosphoric acid groups is 2. The van der Waals surface area contributed by atoms with Gasteiger partial charge in [-0.1, -0.05) is 0 Å². The van der Waals surface area contributed by atoms with Crippen molar-refractivity contribution in [1.29, 1.82) is 0 Å². The number of hydrogen-bond donors (Lipinski definition) is 7. The summed E-state index contributed by atoms with van der Waals surface area (Å²) in [4.78, 5) is 25.8. The van der Waals surface area contributed by atoms with E-state index in [0.29, 0.717) is 0 Å². The predicted molar refractivity (Wildman–Crippen MR) is 57.8 cm³/mol. The molecule has 0 radical (unpaired) electrons. The maximum absolute atomic E-state index is 11.2. The molecule has 0 amide bonds. The fourth-order valence-electron chi connectivity index (χ4n) is 1.44. The van der Waals surface area contributed by atoms with Crippen LogP contribution in [0.3, 0.4) is 0 Å². The lowest BCUT2D eigenvalue weighted by molar-refractivity contribution is -0.280. The highest BCUT2D eigenvalue weighted by Crippen LogP contribution is 2.58. The molecule has 0 aromatic heterocycles. The Bertz CT molecular complexity index is 418. The van der Waals surface area contributed by atoms with Gasteiger partial charge < -0.3 is 39.8 Å². The van der Waals surface area contributed by atoms with E-state index in [1.807, 2.05) is 0 Å². The van der Waals surface area contributed by atoms with Gasteiger partial charge in [-0.15, -0.1) is 0 Å². The average Bonchev–Trinajstić information content (AvgIpc) is 2.26. The summed E-state index contributed by atoms with van der Waals surface area (Å²) < 4.78 is 34.0. The molecule has 20 heavy (non-hydrogen) atoms. The second kappa shape index (κ2) is 6.44. The second-order valence-electron chi connectivity index (χ2n) is 3.84. The first-order valence-electron chi connectivity index (χ1n) is 5.05. The van der Waals surface area contributed by atoms with Crippen molar-refractivity contribution in [1.82, 2.24) is 0 Å². The molecule has 0 aromatic carbocycles. The maximum atomic E-state index is 11.2. The number of rotatable bonds is 5. The number of hydrogen-bond acceptors (Lipinski definition) is 9. The highest BCUT2D eigenvalue weighted by atomic mass is 31.3. The fourth-order valence-corrected chi connectivity index (χ4v) is 3.11. The summed E-state index contributed by atoms with van der Waals surface area (Å²) in [6.45, 7) is -0.820. The molecule has 0 aliphatic carbocycles. The molecule has 1 aliphatic heterocycles. The third kappa shape index (κ3) is 4.81. The monoisotopic (exact) mass is 340 g/mol. The Hall–Kier alpha value is 0.0600. The molecular formula is C6H14O12P2. The lowest BCUT2D eigenvalue weighted by Crippen LogP contribution is -2.58. The van der Waals surface area contributed by atoms with Gasteiger partial charge in [0.15, 0.2) is 6.29 Å². The van der Waals surface area contributed by atoms with Gasteiger partial charge in [-0.3, -0.25) is 4.52 Å². The van der Waals surface area contributed by atoms with E-state index in [-0.39, 0.29) is 0 Å². The van der Waals surface area contributed by atoms with Crippen LogP contribution >= 0.6 is 15.6 Å². The van der Waals surface area contributed by atoms with Crippen molar-refractivity contribution in [2.45, 2.75) is 30.7 Å². The molecule has 1 rings (SSSR count). The number of phosphoric ester groups is 1. The minimum absolute atomic E-state index is 0.820. The summed E-state index contributed by atoms with van der Waals surface area (Å²) in [5, 5.41) is 37.1. The zero-order valence-corrected chi connectivity index (χ0v) is 11.4. The number of aliphatic hydroxyl groups is 4. The first-order chi connectivity index (χ1) is 8.97. The number of ether oxygens (including phenoxy) is 1. The van der Waals surface area contributed by atoms with Crippen molar-refractivity contribution in [3.63, 3.8) is 0 Å². The zero-order chi connectivity index (χ0) is 15.7. The summed E-state index contributed by atoms with van der Waals surface area (Å²) in [6.07, 6.45) is -9.12. The Morgan fingerprint density at radius 2 is 1.55 bits per heavy atom. The van der Waals surface area contributed by atoms with Crippen LogP contribution in [0.5, 0.6) is 0 Å². The molecule has 12 nitrogen and oxygen atoms in total. The average molecular weight is 340 g/mol. The van der Waals surface area contributed by atoms with Crippen LogP contribution in [0.2, 0.25) is 0 Å². The zero-order valence-electron chi connectivity index (χ0n) is 9.66. The quantitative estimate of drug-likeness (QED) is 0.250. The van der Waals surface area contributed by atoms with Crippen LogP contribution < -0.4 is 0 Å². The van der Waals surface area contributed by atoms with Gasteiger partial charge >= 0.3 is 15.6 Å². The molecular weight excluding hydrogens is 326 g/mol. The van der Waals surface area contributed by atoms with Gasteiger partial charge in [0, 0.05) is 0 Å². The minimum atomic E-state index is -5.36. The van der Waals surface area contributed by atoms with E-state index < -0.39 is 53.0 Å². The van der Waals surface area contributed by atoms with E-state index in [0.717, 1.165) is 0 Å². The van der Waals surface area contributed by atoms with Gasteiger partial charge in [0.1, 0.15) is 24.4 Å². The van der Waals surface area contributed by atoms with Gasteiger partial charge in [0.05, 0.1) is 6.61 Å². The maximum Gasteiger partial charge on any atom is 0.483 e. The third-order valence-electron chi connectivity index (χ3n) is 2.30. The topological polar surface area (TPSA) is 203 Å². The lowest BCUT2D eigenvalue weighted by Gasteiger charge is -2.39. The molecule has 1 aliphatic rings. The van der Waals surface area contributed by atoms with Crippen LogP contribution in [0.25, 0.3) is 0 Å². The van der Waals surface area contributed by atoms with Crippen LogP contribution in [-0.4, -0.2) is 72.4 Å². The van der Waals surface area contributed by atoms with E-state index in [1.165, 1.54) is 0 Å². The Morgan fingerprint density at radius 3 is 2.00 bits per heavy atom. The van der Waals surface area contributed by atoms with Crippen LogP contribution in [0.1, 0.15) is 0 Å². The van der Waals surface area contributed by atoms with Crippen molar-refractivity contribution in [3.05, 3.63) is 0 Å². The van der Waals surface area contributed by atoms with Crippen LogP contribution in [0, 0.1) is 0 Å². The normalized spacial score (nSPS) is 38.5. The summed E-state index contributed by atoms with van der Waals surface area (Å²) in [7, 11) is -10.7. The Labute approximate surface area is 112 Å². The molecule has 0 bridgehead atoms. The van der Waals surface area contributed by atoms with Gasteiger partial charge in [-0.2, -0.15) is 4.31 Å². The van der Waals surface area contributed by atoms with E-state index in [9.17, 15) is 24.4 Å². The van der Waals surface area contributed by atoms with Crippen molar-refractivity contribution in [3.8, 4) is 0 Å².